The van der Waals surface area contributed by atoms with E-state index in [2.05, 4.69) is 10.6 Å². The monoisotopic (exact) mass is 326 g/mol. The Kier molecular flexibility index (Phi) is 5.95. The molecular weight excluding hydrogens is 304 g/mol. The predicted molar refractivity (Wildman–Crippen MR) is 93.6 cm³/mol. The third-order valence-electron chi connectivity index (χ3n) is 3.82. The van der Waals surface area contributed by atoms with Gasteiger partial charge in [-0.05, 0) is 49.2 Å². The summed E-state index contributed by atoms with van der Waals surface area (Å²) < 4.78 is 5.16. The van der Waals surface area contributed by atoms with E-state index in [1.54, 1.807) is 30.3 Å². The maximum Gasteiger partial charge on any atom is 0.255 e. The van der Waals surface area contributed by atoms with Crippen molar-refractivity contribution in [1.29, 1.82) is 0 Å². The maximum atomic E-state index is 12.1. The van der Waals surface area contributed by atoms with Gasteiger partial charge < -0.3 is 15.4 Å². The van der Waals surface area contributed by atoms with Crippen molar-refractivity contribution in [2.24, 2.45) is 0 Å². The van der Waals surface area contributed by atoms with Gasteiger partial charge in [0.25, 0.3) is 11.8 Å². The fourth-order valence-corrected chi connectivity index (χ4v) is 2.26. The van der Waals surface area contributed by atoms with Crippen LogP contribution in [0.2, 0.25) is 0 Å². The van der Waals surface area contributed by atoms with Crippen LogP contribution >= 0.6 is 0 Å². The van der Waals surface area contributed by atoms with E-state index in [-0.39, 0.29) is 11.8 Å². The number of carbonyl (C=O) groups excluding carboxylic acids is 2. The largest absolute Gasteiger partial charge is 0.496 e. The minimum absolute atomic E-state index is 0.148. The molecule has 24 heavy (non-hydrogen) atoms. The van der Waals surface area contributed by atoms with Crippen molar-refractivity contribution in [3.63, 3.8) is 0 Å². The summed E-state index contributed by atoms with van der Waals surface area (Å²) in [5, 5.41) is 5.56. The minimum atomic E-state index is -0.229. The van der Waals surface area contributed by atoms with Gasteiger partial charge in [0.05, 0.1) is 12.7 Å². The summed E-state index contributed by atoms with van der Waals surface area (Å²) in [6, 6.07) is 12.6. The van der Waals surface area contributed by atoms with Crippen molar-refractivity contribution in [3.8, 4) is 5.75 Å². The molecule has 0 aliphatic rings. The third kappa shape index (κ3) is 4.35. The van der Waals surface area contributed by atoms with E-state index in [1.807, 2.05) is 26.0 Å². The molecule has 2 aromatic rings. The van der Waals surface area contributed by atoms with Gasteiger partial charge in [0.15, 0.2) is 0 Å². The van der Waals surface area contributed by atoms with Crippen molar-refractivity contribution < 1.29 is 14.3 Å². The lowest BCUT2D eigenvalue weighted by Crippen LogP contribution is -2.34. The van der Waals surface area contributed by atoms with E-state index in [4.69, 9.17) is 4.74 Å². The van der Waals surface area contributed by atoms with Crippen molar-refractivity contribution in [2.75, 3.05) is 20.2 Å². The van der Waals surface area contributed by atoms with Gasteiger partial charge in [-0.2, -0.15) is 0 Å². The number of amides is 2. The third-order valence-corrected chi connectivity index (χ3v) is 3.82. The molecule has 0 saturated carbocycles. The van der Waals surface area contributed by atoms with Crippen molar-refractivity contribution >= 4 is 11.8 Å². The molecule has 2 aromatic carbocycles. The Morgan fingerprint density at radius 1 is 0.917 bits per heavy atom. The fraction of sp³-hybridized carbons (Fsp3) is 0.263. The molecule has 0 spiro atoms. The molecule has 0 fully saturated rings. The van der Waals surface area contributed by atoms with Gasteiger partial charge in [0, 0.05) is 18.7 Å². The van der Waals surface area contributed by atoms with Gasteiger partial charge in [-0.1, -0.05) is 18.2 Å². The molecule has 0 aromatic heterocycles. The number of para-hydroxylation sites is 1. The van der Waals surface area contributed by atoms with E-state index < -0.39 is 0 Å². The van der Waals surface area contributed by atoms with Crippen LogP contribution in [0.3, 0.4) is 0 Å². The molecule has 2 amide bonds. The lowest BCUT2D eigenvalue weighted by atomic mass is 10.1. The number of hydrogen-bond donors (Lipinski definition) is 2. The summed E-state index contributed by atoms with van der Waals surface area (Å²) in [6.07, 6.45) is 0. The summed E-state index contributed by atoms with van der Waals surface area (Å²) in [5.74, 6) is 0.145. The smallest absolute Gasteiger partial charge is 0.255 e. The quantitative estimate of drug-likeness (QED) is 0.801. The van der Waals surface area contributed by atoms with Crippen LogP contribution in [0.1, 0.15) is 31.8 Å². The number of aryl methyl sites for hydroxylation is 2. The SMILES string of the molecule is COc1ccccc1C(=O)NCCNC(=O)c1ccc(C)c(C)c1. The van der Waals surface area contributed by atoms with Gasteiger partial charge in [-0.3, -0.25) is 9.59 Å². The van der Waals surface area contributed by atoms with Crippen LogP contribution in [0, 0.1) is 13.8 Å². The highest BCUT2D eigenvalue weighted by Gasteiger charge is 2.11. The van der Waals surface area contributed by atoms with Crippen LogP contribution in [-0.4, -0.2) is 32.0 Å². The Morgan fingerprint density at radius 3 is 2.25 bits per heavy atom. The highest BCUT2D eigenvalue weighted by molar-refractivity contribution is 5.97. The predicted octanol–water partition coefficient (Wildman–Crippen LogP) is 2.47. The van der Waals surface area contributed by atoms with Crippen LogP contribution in [0.25, 0.3) is 0 Å². The second-order valence-electron chi connectivity index (χ2n) is 5.51. The van der Waals surface area contributed by atoms with Crippen molar-refractivity contribution in [1.82, 2.24) is 10.6 Å². The van der Waals surface area contributed by atoms with Gasteiger partial charge in [-0.15, -0.1) is 0 Å². The molecule has 5 heteroatoms. The Balaban J connectivity index is 1.83. The number of methoxy groups -OCH3 is 1. The molecule has 0 atom stereocenters. The topological polar surface area (TPSA) is 67.4 Å². The molecule has 0 saturated heterocycles. The number of hydrogen-bond acceptors (Lipinski definition) is 3. The molecule has 126 valence electrons. The van der Waals surface area contributed by atoms with Gasteiger partial charge in [0.2, 0.25) is 0 Å². The molecule has 0 aliphatic heterocycles. The van der Waals surface area contributed by atoms with Crippen LogP contribution in [0.5, 0.6) is 5.75 Å². The van der Waals surface area contributed by atoms with Gasteiger partial charge >= 0.3 is 0 Å². The zero-order valence-corrected chi connectivity index (χ0v) is 14.2. The molecule has 2 rings (SSSR count). The zero-order chi connectivity index (χ0) is 17.5. The summed E-state index contributed by atoms with van der Waals surface area (Å²) in [6.45, 7) is 4.67. The molecule has 0 heterocycles. The molecular formula is C19H22N2O3. The molecule has 0 bridgehead atoms. The summed E-state index contributed by atoms with van der Waals surface area (Å²) in [4.78, 5) is 24.2. The van der Waals surface area contributed by atoms with E-state index in [0.717, 1.165) is 11.1 Å². The molecule has 2 N–H and O–H groups in total. The second-order valence-corrected chi connectivity index (χ2v) is 5.51. The Labute approximate surface area is 142 Å². The first-order valence-electron chi connectivity index (χ1n) is 7.79. The number of benzene rings is 2. The molecule has 0 radical (unpaired) electrons. The lowest BCUT2D eigenvalue weighted by Gasteiger charge is -2.10. The van der Waals surface area contributed by atoms with Crippen molar-refractivity contribution in [3.05, 3.63) is 64.7 Å². The first-order chi connectivity index (χ1) is 11.5. The van der Waals surface area contributed by atoms with E-state index in [1.165, 1.54) is 7.11 Å². The van der Waals surface area contributed by atoms with Crippen molar-refractivity contribution in [2.45, 2.75) is 13.8 Å². The molecule has 0 aliphatic carbocycles. The van der Waals surface area contributed by atoms with Crippen LogP contribution < -0.4 is 15.4 Å². The van der Waals surface area contributed by atoms with E-state index in [9.17, 15) is 9.59 Å². The summed E-state index contributed by atoms with van der Waals surface area (Å²) >= 11 is 0. The first-order valence-corrected chi connectivity index (χ1v) is 7.79. The van der Waals surface area contributed by atoms with Gasteiger partial charge in [-0.25, -0.2) is 0 Å². The summed E-state index contributed by atoms with van der Waals surface area (Å²) in [7, 11) is 1.52. The Bertz CT molecular complexity index is 741. The Morgan fingerprint density at radius 2 is 1.58 bits per heavy atom. The zero-order valence-electron chi connectivity index (χ0n) is 14.2. The first kappa shape index (κ1) is 17.5. The molecule has 0 unspecified atom stereocenters. The van der Waals surface area contributed by atoms with E-state index in [0.29, 0.717) is 30.0 Å². The second kappa shape index (κ2) is 8.15. The number of ether oxygens (including phenoxy) is 1. The van der Waals surface area contributed by atoms with E-state index >= 15 is 0 Å². The number of nitrogens with one attached hydrogen (secondary N) is 2. The Hall–Kier alpha value is -2.82. The average Bonchev–Trinajstić information content (AvgIpc) is 2.60. The van der Waals surface area contributed by atoms with Crippen LogP contribution in [0.4, 0.5) is 0 Å². The highest BCUT2D eigenvalue weighted by atomic mass is 16.5. The number of rotatable bonds is 6. The average molecular weight is 326 g/mol. The molecule has 5 nitrogen and oxygen atoms in total. The van der Waals surface area contributed by atoms with Gasteiger partial charge in [0.1, 0.15) is 5.75 Å². The lowest BCUT2D eigenvalue weighted by molar-refractivity contribution is 0.0926. The summed E-state index contributed by atoms with van der Waals surface area (Å²) in [5.41, 5.74) is 3.32. The highest BCUT2D eigenvalue weighted by Crippen LogP contribution is 2.16. The minimum Gasteiger partial charge on any atom is -0.496 e. The normalized spacial score (nSPS) is 10.1. The van der Waals surface area contributed by atoms with Crippen LogP contribution in [-0.2, 0) is 0 Å². The maximum absolute atomic E-state index is 12.1. The fourth-order valence-electron chi connectivity index (χ4n) is 2.26. The standard InChI is InChI=1S/C19H22N2O3/c1-13-8-9-15(12-14(13)2)18(22)20-10-11-21-19(23)16-6-4-5-7-17(16)24-3/h4-9,12H,10-11H2,1-3H3,(H,20,22)(H,21,23). The van der Waals surface area contributed by atoms with Crippen LogP contribution in [0.15, 0.2) is 42.5 Å². The number of carbonyl (C=O) groups is 2.